The first kappa shape index (κ1) is 10.8. The lowest BCUT2D eigenvalue weighted by Crippen LogP contribution is -1.92. The quantitative estimate of drug-likeness (QED) is 0.780. The number of benzene rings is 2. The van der Waals surface area contributed by atoms with Gasteiger partial charge < -0.3 is 4.74 Å². The van der Waals surface area contributed by atoms with Crippen LogP contribution in [0.3, 0.4) is 0 Å². The van der Waals surface area contributed by atoms with Crippen LogP contribution in [-0.2, 0) is 0 Å². The first-order valence-electron chi connectivity index (χ1n) is 4.73. The minimum atomic E-state index is 0.627. The van der Waals surface area contributed by atoms with Crippen molar-refractivity contribution in [3.63, 3.8) is 0 Å². The minimum absolute atomic E-state index is 0.627. The van der Waals surface area contributed by atoms with Crippen LogP contribution in [0.1, 0.15) is 6.92 Å². The molecular formula is C12H10BrClO. The van der Waals surface area contributed by atoms with Crippen LogP contribution < -0.4 is 4.74 Å². The molecule has 0 fully saturated rings. The Morgan fingerprint density at radius 1 is 1.27 bits per heavy atom. The smallest absolute Gasteiger partial charge is 0.138 e. The standard InChI is InChI=1S/C12H10BrClO/c1-2-15-11-6-3-8-7-9(13)4-5-10(8)12(11)14/h3-7H,2H2,1H3. The summed E-state index contributed by atoms with van der Waals surface area (Å²) in [7, 11) is 0. The van der Waals surface area contributed by atoms with Crippen molar-refractivity contribution in [1.82, 2.24) is 0 Å². The van der Waals surface area contributed by atoms with Crippen LogP contribution in [0.2, 0.25) is 5.02 Å². The first-order chi connectivity index (χ1) is 7.22. The Labute approximate surface area is 102 Å². The topological polar surface area (TPSA) is 9.23 Å². The Morgan fingerprint density at radius 2 is 2.07 bits per heavy atom. The molecule has 1 nitrogen and oxygen atoms in total. The molecule has 2 aromatic carbocycles. The van der Waals surface area contributed by atoms with Crippen molar-refractivity contribution in [3.8, 4) is 5.75 Å². The lowest BCUT2D eigenvalue weighted by atomic mass is 10.1. The van der Waals surface area contributed by atoms with Crippen LogP contribution in [-0.4, -0.2) is 6.61 Å². The highest BCUT2D eigenvalue weighted by atomic mass is 79.9. The SMILES string of the molecule is CCOc1ccc2cc(Br)ccc2c1Cl. The highest BCUT2D eigenvalue weighted by Crippen LogP contribution is 2.33. The fourth-order valence-electron chi connectivity index (χ4n) is 1.51. The second kappa shape index (κ2) is 4.42. The normalized spacial score (nSPS) is 10.6. The largest absolute Gasteiger partial charge is 0.492 e. The Balaban J connectivity index is 2.63. The van der Waals surface area contributed by atoms with Gasteiger partial charge in [0.15, 0.2) is 0 Å². The molecule has 0 amide bonds. The average Bonchev–Trinajstić information content (AvgIpc) is 2.22. The summed E-state index contributed by atoms with van der Waals surface area (Å²) in [4.78, 5) is 0. The summed E-state index contributed by atoms with van der Waals surface area (Å²) in [6, 6.07) is 9.92. The van der Waals surface area contributed by atoms with Gasteiger partial charge in [0, 0.05) is 9.86 Å². The molecule has 0 unspecified atom stereocenters. The highest BCUT2D eigenvalue weighted by Gasteiger charge is 2.06. The van der Waals surface area contributed by atoms with Gasteiger partial charge in [-0.05, 0) is 30.5 Å². The van der Waals surface area contributed by atoms with Crippen molar-refractivity contribution in [3.05, 3.63) is 39.8 Å². The summed E-state index contributed by atoms with van der Waals surface area (Å²) in [6.45, 7) is 2.57. The van der Waals surface area contributed by atoms with Gasteiger partial charge in [0.2, 0.25) is 0 Å². The molecule has 0 bridgehead atoms. The van der Waals surface area contributed by atoms with Crippen molar-refractivity contribution in [1.29, 1.82) is 0 Å². The van der Waals surface area contributed by atoms with E-state index in [0.717, 1.165) is 21.0 Å². The third kappa shape index (κ3) is 2.11. The first-order valence-corrected chi connectivity index (χ1v) is 5.90. The maximum Gasteiger partial charge on any atom is 0.138 e. The van der Waals surface area contributed by atoms with E-state index in [1.54, 1.807) is 0 Å². The Hall–Kier alpha value is -0.730. The minimum Gasteiger partial charge on any atom is -0.492 e. The second-order valence-corrected chi connectivity index (χ2v) is 4.47. The molecule has 0 saturated carbocycles. The van der Waals surface area contributed by atoms with E-state index in [0.29, 0.717) is 11.6 Å². The number of hydrogen-bond donors (Lipinski definition) is 0. The highest BCUT2D eigenvalue weighted by molar-refractivity contribution is 9.10. The summed E-state index contributed by atoms with van der Waals surface area (Å²) < 4.78 is 6.48. The Bertz CT molecular complexity index is 496. The van der Waals surface area contributed by atoms with Crippen LogP contribution in [0.5, 0.6) is 5.75 Å². The second-order valence-electron chi connectivity index (χ2n) is 3.18. The van der Waals surface area contributed by atoms with Crippen LogP contribution >= 0.6 is 27.5 Å². The molecule has 0 aliphatic rings. The molecule has 3 heteroatoms. The summed E-state index contributed by atoms with van der Waals surface area (Å²) in [5.41, 5.74) is 0. The zero-order valence-corrected chi connectivity index (χ0v) is 10.6. The number of hydrogen-bond acceptors (Lipinski definition) is 1. The molecule has 0 heterocycles. The van der Waals surface area contributed by atoms with E-state index in [-0.39, 0.29) is 0 Å². The van der Waals surface area contributed by atoms with Crippen molar-refractivity contribution in [2.24, 2.45) is 0 Å². The molecular weight excluding hydrogens is 275 g/mol. The average molecular weight is 286 g/mol. The van der Waals surface area contributed by atoms with Gasteiger partial charge in [-0.3, -0.25) is 0 Å². The number of fused-ring (bicyclic) bond motifs is 1. The van der Waals surface area contributed by atoms with E-state index in [4.69, 9.17) is 16.3 Å². The molecule has 0 saturated heterocycles. The molecule has 0 N–H and O–H groups in total. The summed E-state index contributed by atoms with van der Waals surface area (Å²) >= 11 is 9.66. The van der Waals surface area contributed by atoms with E-state index in [1.807, 2.05) is 37.3 Å². The van der Waals surface area contributed by atoms with Crippen molar-refractivity contribution in [2.45, 2.75) is 6.92 Å². The number of rotatable bonds is 2. The molecule has 0 spiro atoms. The van der Waals surface area contributed by atoms with Crippen LogP contribution in [0.25, 0.3) is 10.8 Å². The van der Waals surface area contributed by atoms with E-state index < -0.39 is 0 Å². The summed E-state index contributed by atoms with van der Waals surface area (Å²) in [5.74, 6) is 0.744. The lowest BCUT2D eigenvalue weighted by molar-refractivity contribution is 0.341. The number of halogens is 2. The number of ether oxygens (including phenoxy) is 1. The van der Waals surface area contributed by atoms with Crippen LogP contribution in [0.15, 0.2) is 34.8 Å². The summed E-state index contributed by atoms with van der Waals surface area (Å²) in [6.07, 6.45) is 0. The van der Waals surface area contributed by atoms with Crippen LogP contribution in [0, 0.1) is 0 Å². The fourth-order valence-corrected chi connectivity index (χ4v) is 2.18. The van der Waals surface area contributed by atoms with Crippen molar-refractivity contribution in [2.75, 3.05) is 6.61 Å². The van der Waals surface area contributed by atoms with Gasteiger partial charge in [0.1, 0.15) is 5.75 Å². The fraction of sp³-hybridized carbons (Fsp3) is 0.167. The predicted octanol–water partition coefficient (Wildman–Crippen LogP) is 4.65. The van der Waals surface area contributed by atoms with E-state index in [9.17, 15) is 0 Å². The maximum absolute atomic E-state index is 6.23. The van der Waals surface area contributed by atoms with E-state index in [1.165, 1.54) is 0 Å². The molecule has 0 radical (unpaired) electrons. The van der Waals surface area contributed by atoms with Gasteiger partial charge in [0.05, 0.1) is 11.6 Å². The van der Waals surface area contributed by atoms with Gasteiger partial charge in [-0.25, -0.2) is 0 Å². The molecule has 0 aliphatic heterocycles. The monoisotopic (exact) mass is 284 g/mol. The zero-order valence-electron chi connectivity index (χ0n) is 8.26. The van der Waals surface area contributed by atoms with Gasteiger partial charge in [-0.2, -0.15) is 0 Å². The van der Waals surface area contributed by atoms with Crippen LogP contribution in [0.4, 0.5) is 0 Å². The lowest BCUT2D eigenvalue weighted by Gasteiger charge is -2.08. The predicted molar refractivity (Wildman–Crippen MR) is 67.8 cm³/mol. The molecule has 78 valence electrons. The van der Waals surface area contributed by atoms with Gasteiger partial charge in [-0.1, -0.05) is 39.7 Å². The van der Waals surface area contributed by atoms with Gasteiger partial charge in [-0.15, -0.1) is 0 Å². The molecule has 0 aromatic heterocycles. The van der Waals surface area contributed by atoms with Crippen molar-refractivity contribution >= 4 is 38.3 Å². The van der Waals surface area contributed by atoms with E-state index in [2.05, 4.69) is 15.9 Å². The van der Waals surface area contributed by atoms with Gasteiger partial charge in [0.25, 0.3) is 0 Å². The Kier molecular flexibility index (Phi) is 3.17. The third-order valence-electron chi connectivity index (χ3n) is 2.18. The maximum atomic E-state index is 6.23. The Morgan fingerprint density at radius 3 is 2.80 bits per heavy atom. The molecule has 15 heavy (non-hydrogen) atoms. The van der Waals surface area contributed by atoms with Gasteiger partial charge >= 0.3 is 0 Å². The molecule has 0 aliphatic carbocycles. The summed E-state index contributed by atoms with van der Waals surface area (Å²) in [5, 5.41) is 2.81. The molecule has 2 rings (SSSR count). The molecule has 0 atom stereocenters. The zero-order chi connectivity index (χ0) is 10.8. The van der Waals surface area contributed by atoms with Crippen molar-refractivity contribution < 1.29 is 4.74 Å². The molecule has 2 aromatic rings. The van der Waals surface area contributed by atoms with E-state index >= 15 is 0 Å². The third-order valence-corrected chi connectivity index (χ3v) is 3.06.